The van der Waals surface area contributed by atoms with Crippen LogP contribution in [0.25, 0.3) is 0 Å². The van der Waals surface area contributed by atoms with E-state index in [0.29, 0.717) is 6.54 Å². The summed E-state index contributed by atoms with van der Waals surface area (Å²) in [6.07, 6.45) is 1.18. The van der Waals surface area contributed by atoms with E-state index < -0.39 is 0 Å². The Hall–Kier alpha value is -1.10. The highest BCUT2D eigenvalue weighted by molar-refractivity contribution is 5.28. The Morgan fingerprint density at radius 3 is 2.33 bits per heavy atom. The third kappa shape index (κ3) is 5.65. The van der Waals surface area contributed by atoms with Crippen LogP contribution in [0.15, 0.2) is 24.3 Å². The quantitative estimate of drug-likeness (QED) is 0.759. The monoisotopic (exact) mass is 294 g/mol. The van der Waals surface area contributed by atoms with E-state index in [1.807, 2.05) is 12.1 Å². The number of methoxy groups -OCH3 is 1. The van der Waals surface area contributed by atoms with Crippen molar-refractivity contribution in [1.82, 2.24) is 4.90 Å². The molecule has 1 unspecified atom stereocenters. The summed E-state index contributed by atoms with van der Waals surface area (Å²) in [4.78, 5) is 2.29. The molecule has 0 aliphatic rings. The minimum Gasteiger partial charge on any atom is -0.497 e. The van der Waals surface area contributed by atoms with Crippen molar-refractivity contribution in [1.29, 1.82) is 0 Å². The number of benzene rings is 1. The number of nitrogens with zero attached hydrogens (tertiary/aromatic N) is 1. The van der Waals surface area contributed by atoms with Crippen molar-refractivity contribution in [2.75, 3.05) is 33.9 Å². The predicted molar refractivity (Wildman–Crippen MR) is 87.9 cm³/mol. The molecule has 0 saturated heterocycles. The molecule has 4 nitrogen and oxygen atoms in total. The van der Waals surface area contributed by atoms with Crippen LogP contribution in [0.2, 0.25) is 0 Å². The van der Waals surface area contributed by atoms with E-state index >= 15 is 0 Å². The molecule has 0 aliphatic carbocycles. The van der Waals surface area contributed by atoms with Gasteiger partial charge in [-0.3, -0.25) is 4.90 Å². The highest BCUT2D eigenvalue weighted by Crippen LogP contribution is 2.20. The van der Waals surface area contributed by atoms with E-state index in [1.165, 1.54) is 5.56 Å². The number of hydrogen-bond donors (Lipinski definition) is 1. The lowest BCUT2D eigenvalue weighted by Crippen LogP contribution is -2.52. The van der Waals surface area contributed by atoms with Gasteiger partial charge in [0.25, 0.3) is 0 Å². The second-order valence-electron chi connectivity index (χ2n) is 6.07. The first-order chi connectivity index (χ1) is 9.91. The Bertz CT molecular complexity index is 406. The van der Waals surface area contributed by atoms with Gasteiger partial charge in [0, 0.05) is 18.6 Å². The SMILES string of the molecule is COc1ccc(CC(C)(CN)N(C)CCOC(C)C)cc1. The summed E-state index contributed by atoms with van der Waals surface area (Å²) in [6.45, 7) is 8.52. The lowest BCUT2D eigenvalue weighted by molar-refractivity contribution is 0.0394. The standard InChI is InChI=1S/C17H30N2O2/c1-14(2)21-11-10-19(4)17(3,13-18)12-15-6-8-16(20-5)9-7-15/h6-9,14H,10-13,18H2,1-5H3. The molecule has 21 heavy (non-hydrogen) atoms. The summed E-state index contributed by atoms with van der Waals surface area (Å²) in [5.74, 6) is 0.881. The third-order valence-electron chi connectivity index (χ3n) is 3.98. The molecule has 0 aromatic heterocycles. The second kappa shape index (κ2) is 8.37. The highest BCUT2D eigenvalue weighted by atomic mass is 16.5. The smallest absolute Gasteiger partial charge is 0.118 e. The third-order valence-corrected chi connectivity index (χ3v) is 3.98. The lowest BCUT2D eigenvalue weighted by Gasteiger charge is -2.38. The summed E-state index contributed by atoms with van der Waals surface area (Å²) in [7, 11) is 3.79. The van der Waals surface area contributed by atoms with Crippen molar-refractivity contribution in [3.8, 4) is 5.75 Å². The van der Waals surface area contributed by atoms with Gasteiger partial charge in [0.15, 0.2) is 0 Å². The van der Waals surface area contributed by atoms with Gasteiger partial charge in [0.1, 0.15) is 5.75 Å². The normalized spacial score (nSPS) is 14.5. The van der Waals surface area contributed by atoms with Crippen LogP contribution in [0.1, 0.15) is 26.3 Å². The molecule has 1 atom stereocenters. The van der Waals surface area contributed by atoms with Crippen LogP contribution < -0.4 is 10.5 Å². The molecule has 0 spiro atoms. The zero-order valence-corrected chi connectivity index (χ0v) is 14.1. The Morgan fingerprint density at radius 2 is 1.86 bits per heavy atom. The molecule has 1 rings (SSSR count). The van der Waals surface area contributed by atoms with E-state index in [9.17, 15) is 0 Å². The molecule has 120 valence electrons. The van der Waals surface area contributed by atoms with Crippen LogP contribution in [-0.2, 0) is 11.2 Å². The molecular weight excluding hydrogens is 264 g/mol. The molecular formula is C17H30N2O2. The number of nitrogens with two attached hydrogens (primary N) is 1. The van der Waals surface area contributed by atoms with Gasteiger partial charge in [-0.1, -0.05) is 12.1 Å². The Kier molecular flexibility index (Phi) is 7.15. The van der Waals surface area contributed by atoms with E-state index in [4.69, 9.17) is 15.2 Å². The molecule has 1 aromatic carbocycles. The fourth-order valence-electron chi connectivity index (χ4n) is 2.24. The largest absolute Gasteiger partial charge is 0.497 e. The van der Waals surface area contributed by atoms with Crippen LogP contribution in [0, 0.1) is 0 Å². The van der Waals surface area contributed by atoms with Gasteiger partial charge in [0.2, 0.25) is 0 Å². The van der Waals surface area contributed by atoms with Gasteiger partial charge in [-0.2, -0.15) is 0 Å². The van der Waals surface area contributed by atoms with Gasteiger partial charge in [-0.05, 0) is 51.9 Å². The Labute approximate surface area is 129 Å². The first-order valence-corrected chi connectivity index (χ1v) is 7.57. The van der Waals surface area contributed by atoms with Crippen LogP contribution >= 0.6 is 0 Å². The number of rotatable bonds is 9. The van der Waals surface area contributed by atoms with Crippen LogP contribution in [0.3, 0.4) is 0 Å². The highest BCUT2D eigenvalue weighted by Gasteiger charge is 2.27. The Morgan fingerprint density at radius 1 is 1.24 bits per heavy atom. The molecule has 0 bridgehead atoms. The van der Waals surface area contributed by atoms with Gasteiger partial charge >= 0.3 is 0 Å². The molecule has 4 heteroatoms. The molecule has 0 fully saturated rings. The first-order valence-electron chi connectivity index (χ1n) is 7.57. The van der Waals surface area contributed by atoms with Crippen molar-refractivity contribution < 1.29 is 9.47 Å². The summed E-state index contributed by atoms with van der Waals surface area (Å²) in [5.41, 5.74) is 7.23. The van der Waals surface area contributed by atoms with Crippen LogP contribution in [-0.4, -0.2) is 50.4 Å². The van der Waals surface area contributed by atoms with Crippen molar-refractivity contribution >= 4 is 0 Å². The van der Waals surface area contributed by atoms with Gasteiger partial charge in [-0.15, -0.1) is 0 Å². The summed E-state index contributed by atoms with van der Waals surface area (Å²) >= 11 is 0. The van der Waals surface area contributed by atoms with E-state index in [1.54, 1.807) is 7.11 Å². The zero-order valence-electron chi connectivity index (χ0n) is 14.1. The predicted octanol–water partition coefficient (Wildman–Crippen LogP) is 2.31. The summed E-state index contributed by atoms with van der Waals surface area (Å²) < 4.78 is 10.8. The topological polar surface area (TPSA) is 47.7 Å². The Balaban J connectivity index is 2.64. The maximum atomic E-state index is 6.04. The maximum absolute atomic E-state index is 6.04. The molecule has 0 heterocycles. The lowest BCUT2D eigenvalue weighted by atomic mass is 9.91. The van der Waals surface area contributed by atoms with Crippen molar-refractivity contribution in [2.45, 2.75) is 38.8 Å². The molecule has 0 radical (unpaired) electrons. The summed E-state index contributed by atoms with van der Waals surface area (Å²) in [5, 5.41) is 0. The average Bonchev–Trinajstić information content (AvgIpc) is 2.47. The minimum absolute atomic E-state index is 0.0745. The van der Waals surface area contributed by atoms with Gasteiger partial charge in [0.05, 0.1) is 19.8 Å². The average molecular weight is 294 g/mol. The fraction of sp³-hybridized carbons (Fsp3) is 0.647. The van der Waals surface area contributed by atoms with Crippen LogP contribution in [0.5, 0.6) is 5.75 Å². The molecule has 0 aliphatic heterocycles. The first kappa shape index (κ1) is 18.0. The molecule has 2 N–H and O–H groups in total. The van der Waals surface area contributed by atoms with Gasteiger partial charge < -0.3 is 15.2 Å². The van der Waals surface area contributed by atoms with E-state index in [2.05, 4.69) is 44.9 Å². The minimum atomic E-state index is -0.0745. The molecule has 0 saturated carbocycles. The number of ether oxygens (including phenoxy) is 2. The maximum Gasteiger partial charge on any atom is 0.118 e. The molecule has 1 aromatic rings. The second-order valence-corrected chi connectivity index (χ2v) is 6.07. The molecule has 0 amide bonds. The summed E-state index contributed by atoms with van der Waals surface area (Å²) in [6, 6.07) is 8.19. The van der Waals surface area contributed by atoms with E-state index in [-0.39, 0.29) is 11.6 Å². The zero-order chi connectivity index (χ0) is 15.9. The van der Waals surface area contributed by atoms with E-state index in [0.717, 1.165) is 25.3 Å². The van der Waals surface area contributed by atoms with Crippen LogP contribution in [0.4, 0.5) is 0 Å². The van der Waals surface area contributed by atoms with Crippen molar-refractivity contribution in [3.63, 3.8) is 0 Å². The number of likely N-dealkylation sites (N-methyl/N-ethyl adjacent to an activating group) is 1. The van der Waals surface area contributed by atoms with Gasteiger partial charge in [-0.25, -0.2) is 0 Å². The van der Waals surface area contributed by atoms with Crippen molar-refractivity contribution in [3.05, 3.63) is 29.8 Å². The number of hydrogen-bond acceptors (Lipinski definition) is 4. The van der Waals surface area contributed by atoms with Crippen molar-refractivity contribution in [2.24, 2.45) is 5.73 Å². The fourth-order valence-corrected chi connectivity index (χ4v) is 2.24.